The molecule has 0 saturated carbocycles. The molecule has 8 nitrogen and oxygen atoms in total. The van der Waals surface area contributed by atoms with Gasteiger partial charge < -0.3 is 9.64 Å². The molecule has 0 amide bonds. The summed E-state index contributed by atoms with van der Waals surface area (Å²) >= 11 is 0. The molecule has 0 spiro atoms. The predicted molar refractivity (Wildman–Crippen MR) is 157 cm³/mol. The Labute approximate surface area is 236 Å². The normalized spacial score (nSPS) is 13.7. The van der Waals surface area contributed by atoms with Crippen molar-refractivity contribution in [2.75, 3.05) is 44.2 Å². The van der Waals surface area contributed by atoms with Crippen LogP contribution in [0, 0.1) is 0 Å². The Bertz CT molecular complexity index is 1340. The van der Waals surface area contributed by atoms with Crippen molar-refractivity contribution in [3.63, 3.8) is 0 Å². The molecule has 1 fully saturated rings. The van der Waals surface area contributed by atoms with Gasteiger partial charge in [0.25, 0.3) is 0 Å². The highest BCUT2D eigenvalue weighted by Crippen LogP contribution is 2.19. The molecule has 3 heterocycles. The summed E-state index contributed by atoms with van der Waals surface area (Å²) in [6.45, 7) is 8.47. The summed E-state index contributed by atoms with van der Waals surface area (Å²) in [5.41, 5.74) is 0.996. The van der Waals surface area contributed by atoms with Gasteiger partial charge in [0, 0.05) is 51.1 Å². The topological polar surface area (TPSA) is 68.4 Å². The van der Waals surface area contributed by atoms with E-state index < -0.39 is 0 Å². The maximum atomic E-state index is 12.9. The Morgan fingerprint density at radius 2 is 1.58 bits per heavy atom. The largest absolute Gasteiger partial charge is 0.492 e. The number of halogens is 2. The van der Waals surface area contributed by atoms with Crippen LogP contribution in [-0.2, 0) is 19.5 Å². The molecule has 0 bridgehead atoms. The SMILES string of the molecule is CCc1nn(CCCN2CCN(c3ccc4ccccc4n3)CC2)c(=O)n1CCOc1ccccc1.Cl.Cl. The molecule has 204 valence electrons. The lowest BCUT2D eigenvalue weighted by Gasteiger charge is -2.35. The Kier molecular flexibility index (Phi) is 11.0. The fourth-order valence-electron chi connectivity index (χ4n) is 4.77. The van der Waals surface area contributed by atoms with Gasteiger partial charge in [0.05, 0.1) is 12.1 Å². The summed E-state index contributed by atoms with van der Waals surface area (Å²) in [6, 6.07) is 22.2. The first-order valence-electron chi connectivity index (χ1n) is 12.9. The highest BCUT2D eigenvalue weighted by Gasteiger charge is 2.18. The van der Waals surface area contributed by atoms with Crippen molar-refractivity contribution in [2.45, 2.75) is 32.9 Å². The number of pyridine rings is 1. The monoisotopic (exact) mass is 558 g/mol. The number of hydrogen-bond acceptors (Lipinski definition) is 6. The molecule has 1 saturated heterocycles. The molecule has 0 N–H and O–H groups in total. The average molecular weight is 560 g/mol. The molecule has 38 heavy (non-hydrogen) atoms. The summed E-state index contributed by atoms with van der Waals surface area (Å²) in [4.78, 5) is 22.6. The lowest BCUT2D eigenvalue weighted by Crippen LogP contribution is -2.47. The minimum absolute atomic E-state index is 0. The zero-order valence-corrected chi connectivity index (χ0v) is 23.4. The molecule has 0 unspecified atom stereocenters. The second-order valence-electron chi connectivity index (χ2n) is 9.13. The van der Waals surface area contributed by atoms with Gasteiger partial charge in [-0.15, -0.1) is 24.8 Å². The van der Waals surface area contributed by atoms with Crippen molar-refractivity contribution in [3.8, 4) is 5.75 Å². The fourth-order valence-corrected chi connectivity index (χ4v) is 4.77. The quantitative estimate of drug-likeness (QED) is 0.289. The second kappa shape index (κ2) is 14.2. The van der Waals surface area contributed by atoms with E-state index in [0.717, 1.165) is 68.5 Å². The van der Waals surface area contributed by atoms with Crippen LogP contribution in [0.3, 0.4) is 0 Å². The number of hydrogen-bond donors (Lipinski definition) is 0. The zero-order chi connectivity index (χ0) is 24.7. The molecule has 1 aliphatic heterocycles. The van der Waals surface area contributed by atoms with Crippen molar-refractivity contribution in [1.29, 1.82) is 0 Å². The Hall–Kier alpha value is -3.07. The number of piperazine rings is 1. The lowest BCUT2D eigenvalue weighted by molar-refractivity contribution is 0.248. The summed E-state index contributed by atoms with van der Waals surface area (Å²) in [5.74, 6) is 2.68. The van der Waals surface area contributed by atoms with Gasteiger partial charge >= 0.3 is 5.69 Å². The van der Waals surface area contributed by atoms with Crippen LogP contribution in [0.15, 0.2) is 71.5 Å². The maximum absolute atomic E-state index is 12.9. The van der Waals surface area contributed by atoms with Crippen molar-refractivity contribution in [1.82, 2.24) is 24.2 Å². The number of para-hydroxylation sites is 2. The number of fused-ring (bicyclic) bond motifs is 1. The van der Waals surface area contributed by atoms with Crippen LogP contribution in [0.5, 0.6) is 5.75 Å². The average Bonchev–Trinajstić information content (AvgIpc) is 3.23. The minimum Gasteiger partial charge on any atom is -0.492 e. The number of anilines is 1. The first-order valence-corrected chi connectivity index (χ1v) is 12.9. The van der Waals surface area contributed by atoms with E-state index in [0.29, 0.717) is 19.7 Å². The van der Waals surface area contributed by atoms with Crippen molar-refractivity contribution >= 4 is 41.5 Å². The van der Waals surface area contributed by atoms with Gasteiger partial charge in [-0.2, -0.15) is 5.10 Å². The van der Waals surface area contributed by atoms with E-state index in [4.69, 9.17) is 9.72 Å². The molecule has 2 aromatic carbocycles. The summed E-state index contributed by atoms with van der Waals surface area (Å²) in [6.07, 6.45) is 1.62. The molecule has 5 rings (SSSR count). The Morgan fingerprint density at radius 1 is 0.842 bits per heavy atom. The number of benzene rings is 2. The number of aromatic nitrogens is 4. The Balaban J connectivity index is 0.00000200. The fraction of sp³-hybridized carbons (Fsp3) is 0.393. The van der Waals surface area contributed by atoms with Gasteiger partial charge in [-0.3, -0.25) is 9.47 Å². The number of rotatable bonds is 10. The van der Waals surface area contributed by atoms with Gasteiger partial charge in [-0.1, -0.05) is 43.3 Å². The third-order valence-electron chi connectivity index (χ3n) is 6.77. The minimum atomic E-state index is -0.0456. The first-order chi connectivity index (χ1) is 17.7. The molecule has 10 heteroatoms. The van der Waals surface area contributed by atoms with Gasteiger partial charge in [0.15, 0.2) is 0 Å². The van der Waals surface area contributed by atoms with E-state index in [9.17, 15) is 4.79 Å². The molecule has 1 aliphatic rings. The van der Waals surface area contributed by atoms with Crippen molar-refractivity contribution in [2.24, 2.45) is 0 Å². The van der Waals surface area contributed by atoms with Crippen molar-refractivity contribution < 1.29 is 4.74 Å². The number of aryl methyl sites for hydroxylation is 2. The highest BCUT2D eigenvalue weighted by atomic mass is 35.5. The van der Waals surface area contributed by atoms with Crippen LogP contribution in [0.25, 0.3) is 10.9 Å². The van der Waals surface area contributed by atoms with E-state index in [1.54, 1.807) is 9.25 Å². The number of nitrogens with zero attached hydrogens (tertiary/aromatic N) is 6. The van der Waals surface area contributed by atoms with Gasteiger partial charge in [-0.25, -0.2) is 14.5 Å². The standard InChI is InChI=1S/C28H34N6O2.2ClH/c1-2-26-30-34(28(35)33(26)21-22-36-24-10-4-3-5-11-24)16-8-15-31-17-19-32(20-18-31)27-14-13-23-9-6-7-12-25(23)29-27;;/h3-7,9-14H,2,8,15-22H2,1H3;2*1H. The van der Waals surface area contributed by atoms with Crippen LogP contribution in [0.4, 0.5) is 5.82 Å². The molecule has 0 aliphatic carbocycles. The number of ether oxygens (including phenoxy) is 1. The van der Waals surface area contributed by atoms with E-state index in [-0.39, 0.29) is 30.5 Å². The smallest absolute Gasteiger partial charge is 0.346 e. The van der Waals surface area contributed by atoms with Crippen molar-refractivity contribution in [3.05, 3.63) is 83.0 Å². The van der Waals surface area contributed by atoms with Gasteiger partial charge in [0.2, 0.25) is 0 Å². The van der Waals surface area contributed by atoms with E-state index in [2.05, 4.69) is 39.2 Å². The van der Waals surface area contributed by atoms with Crippen LogP contribution >= 0.6 is 24.8 Å². The molecule has 4 aromatic rings. The molecular formula is C28H36Cl2N6O2. The first kappa shape index (κ1) is 29.5. The second-order valence-corrected chi connectivity index (χ2v) is 9.13. The van der Waals surface area contributed by atoms with Crippen LogP contribution in [0.1, 0.15) is 19.2 Å². The molecule has 0 atom stereocenters. The molecular weight excluding hydrogens is 523 g/mol. The maximum Gasteiger partial charge on any atom is 0.346 e. The van der Waals surface area contributed by atoms with Crippen LogP contribution in [0.2, 0.25) is 0 Å². The van der Waals surface area contributed by atoms with Gasteiger partial charge in [-0.05, 0) is 36.8 Å². The molecule has 2 aromatic heterocycles. The third kappa shape index (κ3) is 7.07. The van der Waals surface area contributed by atoms with E-state index in [1.165, 1.54) is 5.39 Å². The van der Waals surface area contributed by atoms with E-state index in [1.807, 2.05) is 49.4 Å². The summed E-state index contributed by atoms with van der Waals surface area (Å²) in [5, 5.41) is 5.76. The predicted octanol–water partition coefficient (Wildman–Crippen LogP) is 4.29. The summed E-state index contributed by atoms with van der Waals surface area (Å²) in [7, 11) is 0. The van der Waals surface area contributed by atoms with Crippen LogP contribution < -0.4 is 15.3 Å². The lowest BCUT2D eigenvalue weighted by atomic mass is 10.2. The zero-order valence-electron chi connectivity index (χ0n) is 21.7. The third-order valence-corrected chi connectivity index (χ3v) is 6.77. The Morgan fingerprint density at radius 3 is 2.34 bits per heavy atom. The summed E-state index contributed by atoms with van der Waals surface area (Å²) < 4.78 is 9.15. The van der Waals surface area contributed by atoms with Gasteiger partial charge in [0.1, 0.15) is 24.0 Å². The highest BCUT2D eigenvalue weighted by molar-refractivity contribution is 5.85. The van der Waals surface area contributed by atoms with Crippen LogP contribution in [-0.4, -0.2) is 63.6 Å². The van der Waals surface area contributed by atoms with E-state index >= 15 is 0 Å². The molecule has 0 radical (unpaired) electrons.